The first kappa shape index (κ1) is 19.2. The summed E-state index contributed by atoms with van der Waals surface area (Å²) in [5.74, 6) is 1.35. The zero-order chi connectivity index (χ0) is 20.7. The molecule has 0 saturated carbocycles. The van der Waals surface area contributed by atoms with Crippen LogP contribution in [0.1, 0.15) is 27.2 Å². The molecule has 0 fully saturated rings. The predicted molar refractivity (Wildman–Crippen MR) is 122 cm³/mol. The molecular weight excluding hydrogens is 464 g/mol. The Morgan fingerprint density at radius 1 is 1.17 bits per heavy atom. The fourth-order valence-corrected chi connectivity index (χ4v) is 5.36. The summed E-state index contributed by atoms with van der Waals surface area (Å²) >= 11 is 5.28. The highest BCUT2D eigenvalue weighted by molar-refractivity contribution is 9.10. The van der Waals surface area contributed by atoms with Crippen LogP contribution in [0.25, 0.3) is 10.2 Å². The smallest absolute Gasteiger partial charge is 0.268 e. The van der Waals surface area contributed by atoms with Gasteiger partial charge in [0.25, 0.3) is 5.91 Å². The number of halogens is 1. The minimum absolute atomic E-state index is 0.100. The zero-order valence-electron chi connectivity index (χ0n) is 16.3. The Morgan fingerprint density at radius 3 is 2.87 bits per heavy atom. The average molecular weight is 483 g/mol. The van der Waals surface area contributed by atoms with Crippen LogP contribution in [0.3, 0.4) is 0 Å². The Morgan fingerprint density at radius 2 is 2.00 bits per heavy atom. The van der Waals surface area contributed by atoms with Crippen LogP contribution >= 0.6 is 27.3 Å². The summed E-state index contributed by atoms with van der Waals surface area (Å²) in [7, 11) is 0. The van der Waals surface area contributed by atoms with E-state index in [9.17, 15) is 4.79 Å². The minimum Gasteiger partial charge on any atom is -0.454 e. The fourth-order valence-electron chi connectivity index (χ4n) is 3.67. The first-order chi connectivity index (χ1) is 14.6. The summed E-state index contributed by atoms with van der Waals surface area (Å²) in [6.07, 6.45) is 0. The van der Waals surface area contributed by atoms with Crippen molar-refractivity contribution in [2.45, 2.75) is 20.0 Å². The Bertz CT molecular complexity index is 1260. The van der Waals surface area contributed by atoms with Crippen molar-refractivity contribution in [2.75, 3.05) is 6.79 Å². The van der Waals surface area contributed by atoms with E-state index in [1.165, 1.54) is 11.1 Å². The second-order valence-electron chi connectivity index (χ2n) is 7.21. The zero-order valence-corrected chi connectivity index (χ0v) is 18.7. The van der Waals surface area contributed by atoms with Crippen LogP contribution in [-0.2, 0) is 13.1 Å². The van der Waals surface area contributed by atoms with E-state index in [4.69, 9.17) is 9.47 Å². The van der Waals surface area contributed by atoms with E-state index in [1.54, 1.807) is 11.3 Å². The molecule has 7 heteroatoms. The number of ether oxygens (including phenoxy) is 2. The van der Waals surface area contributed by atoms with Crippen LogP contribution < -0.4 is 14.8 Å². The molecule has 1 N–H and O–H groups in total. The maximum Gasteiger partial charge on any atom is 0.268 e. The van der Waals surface area contributed by atoms with Gasteiger partial charge in [0, 0.05) is 18.5 Å². The highest BCUT2D eigenvalue weighted by Crippen LogP contribution is 2.34. The maximum atomic E-state index is 13.1. The molecule has 0 spiro atoms. The fraction of sp³-hybridized carbons (Fsp3) is 0.174. The minimum atomic E-state index is -0.100. The lowest BCUT2D eigenvalue weighted by Crippen LogP contribution is -2.25. The highest BCUT2D eigenvalue weighted by Gasteiger charge is 2.20. The molecule has 2 aromatic heterocycles. The summed E-state index contributed by atoms with van der Waals surface area (Å²) in [5.41, 5.74) is 5.07. The molecule has 3 heterocycles. The number of amides is 1. The van der Waals surface area contributed by atoms with Gasteiger partial charge in [0.05, 0.1) is 14.7 Å². The maximum absolute atomic E-state index is 13.1. The van der Waals surface area contributed by atoms with Gasteiger partial charge in [-0.15, -0.1) is 11.3 Å². The Hall–Kier alpha value is -2.77. The molecule has 0 saturated heterocycles. The molecule has 2 aromatic carbocycles. The Labute approximate surface area is 186 Å². The van der Waals surface area contributed by atoms with Crippen molar-refractivity contribution in [1.29, 1.82) is 0 Å². The number of hydrogen-bond donors (Lipinski definition) is 1. The van der Waals surface area contributed by atoms with Gasteiger partial charge in [-0.05, 0) is 57.7 Å². The standard InChI is InChI=1S/C23H19BrN2O3S/c1-14-4-2-3-5-16(14)11-26-18(9-21-22(26)17(24)12-30-21)23(27)25-10-15-6-7-19-20(8-15)29-13-28-19/h2-9,12H,10-11,13H2,1H3,(H,25,27). The number of nitrogens with one attached hydrogen (secondary N) is 1. The molecule has 0 unspecified atom stereocenters. The van der Waals surface area contributed by atoms with Crippen molar-refractivity contribution in [1.82, 2.24) is 9.88 Å². The number of fused-ring (bicyclic) bond motifs is 2. The van der Waals surface area contributed by atoms with Crippen molar-refractivity contribution in [3.05, 3.63) is 80.8 Å². The van der Waals surface area contributed by atoms with Crippen LogP contribution in [0.5, 0.6) is 11.5 Å². The third kappa shape index (κ3) is 3.48. The quantitative estimate of drug-likeness (QED) is 0.409. The lowest BCUT2D eigenvalue weighted by molar-refractivity contribution is 0.0942. The lowest BCUT2D eigenvalue weighted by atomic mass is 10.1. The molecule has 5 nitrogen and oxygen atoms in total. The summed E-state index contributed by atoms with van der Waals surface area (Å²) < 4.78 is 15.0. The van der Waals surface area contributed by atoms with Gasteiger partial charge in [-0.2, -0.15) is 0 Å². The van der Waals surface area contributed by atoms with E-state index in [0.29, 0.717) is 24.5 Å². The van der Waals surface area contributed by atoms with Gasteiger partial charge in [-0.25, -0.2) is 0 Å². The third-order valence-corrected chi connectivity index (χ3v) is 7.12. The number of rotatable bonds is 5. The monoisotopic (exact) mass is 482 g/mol. The van der Waals surface area contributed by atoms with E-state index >= 15 is 0 Å². The number of aromatic nitrogens is 1. The predicted octanol–water partition coefficient (Wildman–Crippen LogP) is 5.48. The van der Waals surface area contributed by atoms with Gasteiger partial charge in [-0.3, -0.25) is 4.79 Å². The molecule has 4 aromatic rings. The van der Waals surface area contributed by atoms with Crippen molar-refractivity contribution >= 4 is 43.4 Å². The number of nitrogens with zero attached hydrogens (tertiary/aromatic N) is 1. The number of thiophene rings is 1. The first-order valence-corrected chi connectivity index (χ1v) is 11.2. The van der Waals surface area contributed by atoms with Crippen molar-refractivity contribution < 1.29 is 14.3 Å². The molecule has 30 heavy (non-hydrogen) atoms. The molecule has 1 aliphatic rings. The van der Waals surface area contributed by atoms with Crippen molar-refractivity contribution in [3.8, 4) is 11.5 Å². The molecule has 1 amide bonds. The Balaban J connectivity index is 1.43. The molecule has 0 atom stereocenters. The number of hydrogen-bond acceptors (Lipinski definition) is 4. The van der Waals surface area contributed by atoms with E-state index in [0.717, 1.165) is 26.0 Å². The number of carbonyl (C=O) groups excluding carboxylic acids is 1. The highest BCUT2D eigenvalue weighted by atomic mass is 79.9. The van der Waals surface area contributed by atoms with Crippen LogP contribution in [0, 0.1) is 6.92 Å². The summed E-state index contributed by atoms with van der Waals surface area (Å²) in [6, 6.07) is 16.0. The molecule has 0 bridgehead atoms. The van der Waals surface area contributed by atoms with Gasteiger partial charge in [-0.1, -0.05) is 30.3 Å². The lowest BCUT2D eigenvalue weighted by Gasteiger charge is -2.13. The van der Waals surface area contributed by atoms with Gasteiger partial charge in [0.2, 0.25) is 6.79 Å². The van der Waals surface area contributed by atoms with Gasteiger partial charge < -0.3 is 19.4 Å². The number of benzene rings is 2. The number of aryl methyl sites for hydroxylation is 1. The van der Waals surface area contributed by atoms with Gasteiger partial charge >= 0.3 is 0 Å². The molecular formula is C23H19BrN2O3S. The van der Waals surface area contributed by atoms with E-state index < -0.39 is 0 Å². The van der Waals surface area contributed by atoms with Crippen LogP contribution in [0.15, 0.2) is 58.4 Å². The Kier molecular flexibility index (Phi) is 5.00. The summed E-state index contributed by atoms with van der Waals surface area (Å²) in [6.45, 7) is 3.39. The molecule has 0 radical (unpaired) electrons. The SMILES string of the molecule is Cc1ccccc1Cn1c(C(=O)NCc2ccc3c(c2)OCO3)cc2scc(Br)c21. The van der Waals surface area contributed by atoms with E-state index in [2.05, 4.69) is 50.3 Å². The van der Waals surface area contributed by atoms with E-state index in [1.807, 2.05) is 36.4 Å². The molecule has 152 valence electrons. The van der Waals surface area contributed by atoms with E-state index in [-0.39, 0.29) is 12.7 Å². The average Bonchev–Trinajstić information content (AvgIpc) is 3.44. The largest absolute Gasteiger partial charge is 0.454 e. The van der Waals surface area contributed by atoms with Crippen LogP contribution in [0.4, 0.5) is 0 Å². The van der Waals surface area contributed by atoms with Gasteiger partial charge in [0.1, 0.15) is 5.69 Å². The van der Waals surface area contributed by atoms with Crippen LogP contribution in [-0.4, -0.2) is 17.3 Å². The molecule has 0 aliphatic carbocycles. The van der Waals surface area contributed by atoms with Gasteiger partial charge in [0.15, 0.2) is 11.5 Å². The van der Waals surface area contributed by atoms with Crippen molar-refractivity contribution in [3.63, 3.8) is 0 Å². The second-order valence-corrected chi connectivity index (χ2v) is 8.97. The normalized spacial score (nSPS) is 12.5. The van der Waals surface area contributed by atoms with Crippen molar-refractivity contribution in [2.24, 2.45) is 0 Å². The first-order valence-electron chi connectivity index (χ1n) is 9.57. The number of carbonyl (C=O) groups is 1. The summed E-state index contributed by atoms with van der Waals surface area (Å²) in [4.78, 5) is 13.1. The second kappa shape index (κ2) is 7.81. The summed E-state index contributed by atoms with van der Waals surface area (Å²) in [5, 5.41) is 5.11. The molecule has 1 aliphatic heterocycles. The third-order valence-electron chi connectivity index (χ3n) is 5.29. The topological polar surface area (TPSA) is 52.5 Å². The molecule has 5 rings (SSSR count). The van der Waals surface area contributed by atoms with Crippen LogP contribution in [0.2, 0.25) is 0 Å².